The van der Waals surface area contributed by atoms with Crippen LogP contribution in [0, 0.1) is 0 Å². The zero-order chi connectivity index (χ0) is 22.8. The predicted octanol–water partition coefficient (Wildman–Crippen LogP) is 3.65. The standard InChI is InChI=1S/C26H24N2O5/c29-15-19(11-18-14-27-23-4-2-1-3-21(18)23)28-26(31)22-12-17(16-5-7-20(30)8-6-16)13-24-25(22)33-10-9-32-24/h1-8,12-14,19,27,29-30H,9-11,15H2,(H,28,31)/t19-/m1/s1. The smallest absolute Gasteiger partial charge is 0.255 e. The van der Waals surface area contributed by atoms with Crippen molar-refractivity contribution in [2.75, 3.05) is 19.8 Å². The highest BCUT2D eigenvalue weighted by Gasteiger charge is 2.24. The molecule has 1 atom stereocenters. The van der Waals surface area contributed by atoms with Crippen LogP contribution in [0.2, 0.25) is 0 Å². The number of phenolic OH excluding ortho intramolecular Hbond substituents is 1. The fourth-order valence-electron chi connectivity index (χ4n) is 4.13. The second kappa shape index (κ2) is 8.88. The number of amides is 1. The summed E-state index contributed by atoms with van der Waals surface area (Å²) < 4.78 is 11.5. The Morgan fingerprint density at radius 1 is 1.03 bits per heavy atom. The van der Waals surface area contributed by atoms with Gasteiger partial charge in [-0.05, 0) is 53.4 Å². The van der Waals surface area contributed by atoms with Crippen molar-refractivity contribution in [2.45, 2.75) is 12.5 Å². The van der Waals surface area contributed by atoms with Gasteiger partial charge in [-0.15, -0.1) is 0 Å². The van der Waals surface area contributed by atoms with Crippen molar-refractivity contribution < 1.29 is 24.5 Å². The number of carbonyl (C=O) groups is 1. The summed E-state index contributed by atoms with van der Waals surface area (Å²) in [5.41, 5.74) is 3.96. The van der Waals surface area contributed by atoms with E-state index in [1.54, 1.807) is 30.3 Å². The van der Waals surface area contributed by atoms with E-state index in [-0.39, 0.29) is 18.3 Å². The number of para-hydroxylation sites is 1. The number of aromatic amines is 1. The van der Waals surface area contributed by atoms with E-state index in [9.17, 15) is 15.0 Å². The summed E-state index contributed by atoms with van der Waals surface area (Å²) in [4.78, 5) is 16.5. The normalized spacial score (nSPS) is 13.6. The Balaban J connectivity index is 1.44. The number of hydrogen-bond acceptors (Lipinski definition) is 5. The molecule has 0 spiro atoms. The van der Waals surface area contributed by atoms with E-state index in [0.29, 0.717) is 36.7 Å². The van der Waals surface area contributed by atoms with Crippen LogP contribution in [0.1, 0.15) is 15.9 Å². The number of rotatable bonds is 6. The molecule has 7 nitrogen and oxygen atoms in total. The van der Waals surface area contributed by atoms with Gasteiger partial charge in [0.1, 0.15) is 19.0 Å². The molecular weight excluding hydrogens is 420 g/mol. The molecule has 33 heavy (non-hydrogen) atoms. The summed E-state index contributed by atoms with van der Waals surface area (Å²) in [6, 6.07) is 17.8. The maximum atomic E-state index is 13.3. The number of H-pyrrole nitrogens is 1. The Bertz CT molecular complexity index is 1300. The van der Waals surface area contributed by atoms with Crippen LogP contribution in [-0.2, 0) is 6.42 Å². The lowest BCUT2D eigenvalue weighted by Gasteiger charge is -2.23. The predicted molar refractivity (Wildman–Crippen MR) is 125 cm³/mol. The largest absolute Gasteiger partial charge is 0.508 e. The molecule has 2 heterocycles. The average Bonchev–Trinajstić information content (AvgIpc) is 3.26. The first-order valence-corrected chi connectivity index (χ1v) is 10.8. The van der Waals surface area contributed by atoms with E-state index in [2.05, 4.69) is 10.3 Å². The minimum Gasteiger partial charge on any atom is -0.508 e. The zero-order valence-corrected chi connectivity index (χ0v) is 17.9. The highest BCUT2D eigenvalue weighted by molar-refractivity contribution is 5.99. The fraction of sp³-hybridized carbons (Fsp3) is 0.192. The highest BCUT2D eigenvalue weighted by Crippen LogP contribution is 2.38. The fourth-order valence-corrected chi connectivity index (χ4v) is 4.13. The van der Waals surface area contributed by atoms with Crippen LogP contribution >= 0.6 is 0 Å². The molecule has 1 aromatic heterocycles. The third-order valence-electron chi connectivity index (χ3n) is 5.78. The van der Waals surface area contributed by atoms with Crippen LogP contribution in [0.15, 0.2) is 66.9 Å². The Morgan fingerprint density at radius 3 is 2.64 bits per heavy atom. The van der Waals surface area contributed by atoms with Crippen molar-refractivity contribution in [3.05, 3.63) is 78.0 Å². The number of aliphatic hydroxyl groups is 1. The number of hydrogen-bond donors (Lipinski definition) is 4. The van der Waals surface area contributed by atoms with Crippen molar-refractivity contribution in [3.63, 3.8) is 0 Å². The monoisotopic (exact) mass is 444 g/mol. The third-order valence-corrected chi connectivity index (χ3v) is 5.78. The molecule has 1 aliphatic heterocycles. The second-order valence-corrected chi connectivity index (χ2v) is 8.01. The van der Waals surface area contributed by atoms with Crippen molar-refractivity contribution in [1.82, 2.24) is 10.3 Å². The lowest BCUT2D eigenvalue weighted by atomic mass is 10.00. The van der Waals surface area contributed by atoms with Crippen LogP contribution < -0.4 is 14.8 Å². The molecule has 3 aromatic carbocycles. The van der Waals surface area contributed by atoms with E-state index in [1.807, 2.05) is 36.5 Å². The van der Waals surface area contributed by atoms with Crippen molar-refractivity contribution in [1.29, 1.82) is 0 Å². The van der Waals surface area contributed by atoms with E-state index in [1.165, 1.54) is 0 Å². The minimum absolute atomic E-state index is 0.164. The van der Waals surface area contributed by atoms with Gasteiger partial charge in [0.15, 0.2) is 11.5 Å². The van der Waals surface area contributed by atoms with Crippen molar-refractivity contribution in [2.24, 2.45) is 0 Å². The Kier molecular flexibility index (Phi) is 5.62. The lowest BCUT2D eigenvalue weighted by Crippen LogP contribution is -2.39. The van der Waals surface area contributed by atoms with Gasteiger partial charge in [-0.25, -0.2) is 0 Å². The molecule has 1 amide bonds. The molecule has 0 saturated carbocycles. The number of aromatic hydroxyl groups is 1. The van der Waals surface area contributed by atoms with Gasteiger partial charge in [0.25, 0.3) is 5.91 Å². The van der Waals surface area contributed by atoms with Crippen LogP contribution in [0.3, 0.4) is 0 Å². The van der Waals surface area contributed by atoms with Gasteiger partial charge in [-0.2, -0.15) is 0 Å². The summed E-state index contributed by atoms with van der Waals surface area (Å²) in [6.45, 7) is 0.542. The molecule has 4 N–H and O–H groups in total. The van der Waals surface area contributed by atoms with Crippen LogP contribution in [-0.4, -0.2) is 47.0 Å². The molecule has 0 fully saturated rings. The molecule has 0 radical (unpaired) electrons. The SMILES string of the molecule is O=C(N[C@@H](CO)Cc1c[nH]c2ccccc12)c1cc(-c2ccc(O)cc2)cc2c1OCCO2. The van der Waals surface area contributed by atoms with E-state index >= 15 is 0 Å². The van der Waals surface area contributed by atoms with Crippen LogP contribution in [0.25, 0.3) is 22.0 Å². The Hall–Kier alpha value is -3.97. The zero-order valence-electron chi connectivity index (χ0n) is 17.9. The Morgan fingerprint density at radius 2 is 1.82 bits per heavy atom. The van der Waals surface area contributed by atoms with Gasteiger partial charge >= 0.3 is 0 Å². The lowest BCUT2D eigenvalue weighted by molar-refractivity contribution is 0.0906. The molecule has 7 heteroatoms. The first kappa shape index (κ1) is 20.9. The summed E-state index contributed by atoms with van der Waals surface area (Å²) in [6.07, 6.45) is 2.38. The maximum Gasteiger partial charge on any atom is 0.255 e. The summed E-state index contributed by atoms with van der Waals surface area (Å²) in [5, 5.41) is 23.6. The number of phenols is 1. The van der Waals surface area contributed by atoms with Gasteiger partial charge in [-0.1, -0.05) is 30.3 Å². The second-order valence-electron chi connectivity index (χ2n) is 8.01. The van der Waals surface area contributed by atoms with Gasteiger partial charge in [0.2, 0.25) is 0 Å². The average molecular weight is 444 g/mol. The number of fused-ring (bicyclic) bond motifs is 2. The van der Waals surface area contributed by atoms with Crippen LogP contribution in [0.4, 0.5) is 0 Å². The molecule has 5 rings (SSSR count). The summed E-state index contributed by atoms with van der Waals surface area (Å²) in [5.74, 6) is 0.702. The highest BCUT2D eigenvalue weighted by atomic mass is 16.6. The van der Waals surface area contributed by atoms with E-state index < -0.39 is 6.04 Å². The van der Waals surface area contributed by atoms with Crippen molar-refractivity contribution >= 4 is 16.8 Å². The van der Waals surface area contributed by atoms with Gasteiger partial charge < -0.3 is 30.0 Å². The maximum absolute atomic E-state index is 13.3. The van der Waals surface area contributed by atoms with Gasteiger partial charge in [0.05, 0.1) is 18.2 Å². The molecule has 0 saturated heterocycles. The first-order chi connectivity index (χ1) is 16.1. The number of aromatic nitrogens is 1. The number of benzene rings is 3. The number of carbonyl (C=O) groups excluding carboxylic acids is 1. The molecule has 0 unspecified atom stereocenters. The Labute approximate surface area is 190 Å². The number of ether oxygens (including phenoxy) is 2. The molecule has 0 aliphatic carbocycles. The third kappa shape index (κ3) is 4.23. The topological polar surface area (TPSA) is 104 Å². The van der Waals surface area contributed by atoms with E-state index in [0.717, 1.165) is 27.6 Å². The molecular formula is C26H24N2O5. The van der Waals surface area contributed by atoms with Crippen LogP contribution in [0.5, 0.6) is 17.2 Å². The van der Waals surface area contributed by atoms with Crippen molar-refractivity contribution in [3.8, 4) is 28.4 Å². The number of aliphatic hydroxyl groups excluding tert-OH is 1. The minimum atomic E-state index is -0.478. The summed E-state index contributed by atoms with van der Waals surface area (Å²) in [7, 11) is 0. The van der Waals surface area contributed by atoms with Gasteiger partial charge in [-0.3, -0.25) is 4.79 Å². The molecule has 168 valence electrons. The quantitative estimate of drug-likeness (QED) is 0.364. The molecule has 1 aliphatic rings. The summed E-state index contributed by atoms with van der Waals surface area (Å²) >= 11 is 0. The van der Waals surface area contributed by atoms with Gasteiger partial charge in [0, 0.05) is 17.1 Å². The van der Waals surface area contributed by atoms with E-state index in [4.69, 9.17) is 9.47 Å². The first-order valence-electron chi connectivity index (χ1n) is 10.8. The molecule has 4 aromatic rings. The number of nitrogens with one attached hydrogen (secondary N) is 2. The molecule has 0 bridgehead atoms.